The van der Waals surface area contributed by atoms with Gasteiger partial charge in [-0.2, -0.15) is 5.10 Å². The zero-order valence-electron chi connectivity index (χ0n) is 8.52. The molecule has 1 saturated carbocycles. The molecule has 0 unspecified atom stereocenters. The highest BCUT2D eigenvalue weighted by molar-refractivity contribution is 5.82. The number of H-pyrrole nitrogens is 1. The van der Waals surface area contributed by atoms with E-state index in [2.05, 4.69) is 15.2 Å². The molecular formula is C10H14N4O. The number of carbonyl (C=O) groups excluding carboxylic acids is 1. The molecule has 1 N–H and O–H groups in total. The van der Waals surface area contributed by atoms with Crippen LogP contribution in [0.4, 0.5) is 0 Å². The molecular weight excluding hydrogens is 192 g/mol. The molecule has 2 atom stereocenters. The van der Waals surface area contributed by atoms with Gasteiger partial charge in [0.1, 0.15) is 12.2 Å². The van der Waals surface area contributed by atoms with Gasteiger partial charge in [0.2, 0.25) is 5.91 Å². The maximum Gasteiger partial charge on any atom is 0.226 e. The van der Waals surface area contributed by atoms with Crippen molar-refractivity contribution in [1.29, 1.82) is 0 Å². The molecule has 1 amide bonds. The third-order valence-electron chi connectivity index (χ3n) is 3.31. The highest BCUT2D eigenvalue weighted by Crippen LogP contribution is 2.47. The summed E-state index contributed by atoms with van der Waals surface area (Å²) in [6.45, 7) is 1.89. The summed E-state index contributed by atoms with van der Waals surface area (Å²) in [6, 6.07) is 0. The normalized spacial score (nSPS) is 29.5. The van der Waals surface area contributed by atoms with Crippen molar-refractivity contribution in [3.8, 4) is 0 Å². The number of amides is 1. The van der Waals surface area contributed by atoms with Gasteiger partial charge in [0.05, 0.1) is 0 Å². The van der Waals surface area contributed by atoms with Gasteiger partial charge in [-0.05, 0) is 19.3 Å². The highest BCUT2D eigenvalue weighted by Gasteiger charge is 2.47. The summed E-state index contributed by atoms with van der Waals surface area (Å²) >= 11 is 0. The minimum absolute atomic E-state index is 0.163. The number of likely N-dealkylation sites (tertiary alicyclic amines) is 1. The van der Waals surface area contributed by atoms with Crippen LogP contribution in [0.3, 0.4) is 0 Å². The van der Waals surface area contributed by atoms with Gasteiger partial charge in [-0.15, -0.1) is 0 Å². The van der Waals surface area contributed by atoms with Crippen LogP contribution in [0.2, 0.25) is 0 Å². The van der Waals surface area contributed by atoms with Crippen molar-refractivity contribution in [3.63, 3.8) is 0 Å². The van der Waals surface area contributed by atoms with E-state index >= 15 is 0 Å². The highest BCUT2D eigenvalue weighted by atomic mass is 16.2. The van der Waals surface area contributed by atoms with Crippen molar-refractivity contribution in [1.82, 2.24) is 20.1 Å². The van der Waals surface area contributed by atoms with Crippen molar-refractivity contribution in [2.75, 3.05) is 13.1 Å². The second kappa shape index (κ2) is 3.32. The van der Waals surface area contributed by atoms with Gasteiger partial charge in [-0.25, -0.2) is 4.98 Å². The Labute approximate surface area is 87.9 Å². The number of nitrogens with one attached hydrogen (secondary N) is 1. The molecule has 2 fully saturated rings. The Morgan fingerprint density at radius 1 is 1.47 bits per heavy atom. The van der Waals surface area contributed by atoms with Gasteiger partial charge in [-0.3, -0.25) is 9.89 Å². The summed E-state index contributed by atoms with van der Waals surface area (Å²) in [6.07, 6.45) is 4.76. The van der Waals surface area contributed by atoms with Crippen molar-refractivity contribution in [2.24, 2.45) is 5.92 Å². The largest absolute Gasteiger partial charge is 0.342 e. The van der Waals surface area contributed by atoms with Crippen molar-refractivity contribution in [2.45, 2.75) is 25.2 Å². The van der Waals surface area contributed by atoms with Crippen molar-refractivity contribution in [3.05, 3.63) is 12.2 Å². The molecule has 2 heterocycles. The average Bonchev–Trinajstić information content (AvgIpc) is 2.78. The van der Waals surface area contributed by atoms with Crippen LogP contribution < -0.4 is 0 Å². The van der Waals surface area contributed by atoms with Crippen LogP contribution in [0.15, 0.2) is 6.33 Å². The van der Waals surface area contributed by atoms with Crippen LogP contribution in [-0.2, 0) is 4.79 Å². The van der Waals surface area contributed by atoms with Gasteiger partial charge in [0.15, 0.2) is 0 Å². The Kier molecular flexibility index (Phi) is 1.97. The number of carbonyl (C=O) groups is 1. The predicted octanol–water partition coefficient (Wildman–Crippen LogP) is 0.531. The van der Waals surface area contributed by atoms with E-state index in [4.69, 9.17) is 0 Å². The van der Waals surface area contributed by atoms with Crippen LogP contribution >= 0.6 is 0 Å². The fourth-order valence-corrected chi connectivity index (χ4v) is 2.34. The molecule has 1 aromatic heterocycles. The van der Waals surface area contributed by atoms with E-state index < -0.39 is 0 Å². The molecule has 2 aliphatic rings. The molecule has 1 aliphatic heterocycles. The van der Waals surface area contributed by atoms with Crippen molar-refractivity contribution >= 4 is 5.91 Å². The molecule has 0 bridgehead atoms. The minimum Gasteiger partial charge on any atom is -0.342 e. The Balaban J connectivity index is 1.64. The second-order valence-corrected chi connectivity index (χ2v) is 4.35. The summed E-state index contributed by atoms with van der Waals surface area (Å²) in [5.74, 6) is 1.64. The zero-order chi connectivity index (χ0) is 10.3. The van der Waals surface area contributed by atoms with E-state index in [1.54, 1.807) is 0 Å². The van der Waals surface area contributed by atoms with Crippen LogP contribution in [0, 0.1) is 5.92 Å². The summed E-state index contributed by atoms with van der Waals surface area (Å²) in [5, 5.41) is 6.66. The SMILES string of the molecule is O=C([C@@H]1C[C@H]1c1ncn[nH]1)N1CCCC1. The van der Waals surface area contributed by atoms with Gasteiger partial charge in [0.25, 0.3) is 0 Å². The predicted molar refractivity (Wildman–Crippen MR) is 53.0 cm³/mol. The maximum absolute atomic E-state index is 12.0. The summed E-state index contributed by atoms with van der Waals surface area (Å²) < 4.78 is 0. The number of hydrogen-bond donors (Lipinski definition) is 1. The maximum atomic E-state index is 12.0. The number of aromatic nitrogens is 3. The quantitative estimate of drug-likeness (QED) is 0.767. The lowest BCUT2D eigenvalue weighted by molar-refractivity contribution is -0.131. The number of nitrogens with zero attached hydrogens (tertiary/aromatic N) is 3. The molecule has 3 rings (SSSR count). The molecule has 1 aromatic rings. The van der Waals surface area contributed by atoms with Crippen LogP contribution in [0.1, 0.15) is 31.0 Å². The zero-order valence-corrected chi connectivity index (χ0v) is 8.52. The van der Waals surface area contributed by atoms with E-state index in [1.165, 1.54) is 6.33 Å². The van der Waals surface area contributed by atoms with Crippen molar-refractivity contribution < 1.29 is 4.79 Å². The fourth-order valence-electron chi connectivity index (χ4n) is 2.34. The van der Waals surface area contributed by atoms with E-state index in [-0.39, 0.29) is 5.92 Å². The molecule has 5 nitrogen and oxygen atoms in total. The lowest BCUT2D eigenvalue weighted by Crippen LogP contribution is -2.29. The minimum atomic E-state index is 0.163. The lowest BCUT2D eigenvalue weighted by Gasteiger charge is -2.14. The van der Waals surface area contributed by atoms with E-state index in [0.717, 1.165) is 38.2 Å². The van der Waals surface area contributed by atoms with Crippen LogP contribution in [0.5, 0.6) is 0 Å². The van der Waals surface area contributed by atoms with Gasteiger partial charge < -0.3 is 4.90 Å². The van der Waals surface area contributed by atoms with Gasteiger partial charge >= 0.3 is 0 Å². The Hall–Kier alpha value is -1.39. The molecule has 0 radical (unpaired) electrons. The first-order valence-corrected chi connectivity index (χ1v) is 5.50. The second-order valence-electron chi connectivity index (χ2n) is 4.35. The number of aromatic amines is 1. The summed E-state index contributed by atoms with van der Waals surface area (Å²) in [4.78, 5) is 18.1. The molecule has 80 valence electrons. The van der Waals surface area contributed by atoms with Crippen LogP contribution in [-0.4, -0.2) is 39.1 Å². The fraction of sp³-hybridized carbons (Fsp3) is 0.700. The standard InChI is InChI=1S/C10H14N4O/c15-10(14-3-1-2-4-14)8-5-7(8)9-11-6-12-13-9/h6-8H,1-5H2,(H,11,12,13)/t7-,8-/m1/s1. The molecule has 0 spiro atoms. The topological polar surface area (TPSA) is 61.9 Å². The number of hydrogen-bond acceptors (Lipinski definition) is 3. The monoisotopic (exact) mass is 206 g/mol. The Morgan fingerprint density at radius 3 is 2.93 bits per heavy atom. The first-order valence-electron chi connectivity index (χ1n) is 5.50. The molecule has 15 heavy (non-hydrogen) atoms. The molecule has 1 saturated heterocycles. The third kappa shape index (κ3) is 1.52. The van der Waals surface area contributed by atoms with Gasteiger partial charge in [0, 0.05) is 24.9 Å². The van der Waals surface area contributed by atoms with E-state index in [0.29, 0.717) is 11.8 Å². The first kappa shape index (κ1) is 8.88. The third-order valence-corrected chi connectivity index (χ3v) is 3.31. The Bertz CT molecular complexity index is 356. The lowest BCUT2D eigenvalue weighted by atomic mass is 10.2. The Morgan fingerprint density at radius 2 is 2.27 bits per heavy atom. The average molecular weight is 206 g/mol. The molecule has 1 aliphatic carbocycles. The van der Waals surface area contributed by atoms with Crippen LogP contribution in [0.25, 0.3) is 0 Å². The smallest absolute Gasteiger partial charge is 0.226 e. The molecule has 5 heteroatoms. The summed E-state index contributed by atoms with van der Waals surface area (Å²) in [7, 11) is 0. The van der Waals surface area contributed by atoms with E-state index in [1.807, 2.05) is 4.90 Å². The van der Waals surface area contributed by atoms with E-state index in [9.17, 15) is 4.79 Å². The number of rotatable bonds is 2. The summed E-state index contributed by atoms with van der Waals surface area (Å²) in [5.41, 5.74) is 0. The first-order chi connectivity index (χ1) is 7.36. The van der Waals surface area contributed by atoms with Gasteiger partial charge in [-0.1, -0.05) is 0 Å². The molecule has 0 aromatic carbocycles.